The van der Waals surface area contributed by atoms with Gasteiger partial charge >= 0.3 is 0 Å². The van der Waals surface area contributed by atoms with Crippen LogP contribution in [-0.4, -0.2) is 42.1 Å². The third-order valence-corrected chi connectivity index (χ3v) is 4.75. The number of carbonyl (C=O) groups is 3. The van der Waals surface area contributed by atoms with Crippen LogP contribution in [0.4, 0.5) is 0 Å². The fourth-order valence-electron chi connectivity index (χ4n) is 3.48. The summed E-state index contributed by atoms with van der Waals surface area (Å²) in [6.07, 6.45) is 6.75. The van der Waals surface area contributed by atoms with Gasteiger partial charge in [-0.25, -0.2) is 0 Å². The Kier molecular flexibility index (Phi) is 5.53. The minimum absolute atomic E-state index is 0.0150. The summed E-state index contributed by atoms with van der Waals surface area (Å²) in [7, 11) is 1.40. The number of ketones is 1. The van der Waals surface area contributed by atoms with Crippen LogP contribution in [0.15, 0.2) is 0 Å². The topological polar surface area (TPSA) is 90.3 Å². The Hall–Kier alpha value is -1.90. The van der Waals surface area contributed by atoms with E-state index in [9.17, 15) is 14.4 Å². The molecule has 2 amide bonds. The molecule has 1 heterocycles. The van der Waals surface area contributed by atoms with E-state index in [1.807, 2.05) is 4.90 Å². The van der Waals surface area contributed by atoms with E-state index in [2.05, 4.69) is 5.32 Å². The molecule has 1 N–H and O–H groups in total. The highest BCUT2D eigenvalue weighted by molar-refractivity contribution is 6.06. The molecule has 1 saturated heterocycles. The number of nitrogens with zero attached hydrogens (tertiary/aromatic N) is 2. The Morgan fingerprint density at radius 2 is 1.91 bits per heavy atom. The number of rotatable bonds is 4. The van der Waals surface area contributed by atoms with Crippen LogP contribution < -0.4 is 5.32 Å². The van der Waals surface area contributed by atoms with Gasteiger partial charge < -0.3 is 10.2 Å². The zero-order chi connectivity index (χ0) is 16.1. The predicted molar refractivity (Wildman–Crippen MR) is 79.5 cm³/mol. The minimum Gasteiger partial charge on any atom is -0.358 e. The van der Waals surface area contributed by atoms with Crippen LogP contribution in [-0.2, 0) is 14.4 Å². The van der Waals surface area contributed by atoms with Gasteiger partial charge in [-0.15, -0.1) is 0 Å². The number of hydrogen-bond acceptors (Lipinski definition) is 4. The molecule has 1 saturated carbocycles. The van der Waals surface area contributed by atoms with E-state index in [1.165, 1.54) is 19.9 Å². The van der Waals surface area contributed by atoms with Crippen molar-refractivity contribution < 1.29 is 14.4 Å². The number of Topliss-reactive ketones (excluding diaryl/α,β-unsaturated/α-hetero) is 1. The standard InChI is InChI=1S/C16H23N3O3/c1-18-16(22)13(9-17)15(21)11-8-14(20)19(10-11)12-6-4-2-3-5-7-12/h11-13H,2-8,10H2,1H3,(H,18,22)/t11-,13+/m0/s1. The fourth-order valence-corrected chi connectivity index (χ4v) is 3.48. The van der Waals surface area contributed by atoms with Crippen LogP contribution >= 0.6 is 0 Å². The third-order valence-electron chi connectivity index (χ3n) is 4.75. The summed E-state index contributed by atoms with van der Waals surface area (Å²) < 4.78 is 0. The molecule has 1 aliphatic carbocycles. The third kappa shape index (κ3) is 3.46. The molecule has 6 heteroatoms. The number of hydrogen-bond donors (Lipinski definition) is 1. The zero-order valence-corrected chi connectivity index (χ0v) is 13.0. The largest absolute Gasteiger partial charge is 0.358 e. The van der Waals surface area contributed by atoms with E-state index in [1.54, 1.807) is 6.07 Å². The van der Waals surface area contributed by atoms with Gasteiger partial charge in [0.25, 0.3) is 0 Å². The molecule has 22 heavy (non-hydrogen) atoms. The second-order valence-electron chi connectivity index (χ2n) is 6.17. The normalized spacial score (nSPS) is 24.5. The number of nitrogens with one attached hydrogen (secondary N) is 1. The van der Waals surface area contributed by atoms with Crippen molar-refractivity contribution in [2.24, 2.45) is 11.8 Å². The molecule has 0 bridgehead atoms. The van der Waals surface area contributed by atoms with Crippen molar-refractivity contribution in [2.75, 3.05) is 13.6 Å². The molecule has 120 valence electrons. The van der Waals surface area contributed by atoms with Gasteiger partial charge in [0.15, 0.2) is 11.7 Å². The quantitative estimate of drug-likeness (QED) is 0.620. The molecule has 0 unspecified atom stereocenters. The summed E-state index contributed by atoms with van der Waals surface area (Å²) in [6, 6.07) is 1.97. The molecule has 0 radical (unpaired) electrons. The molecule has 2 atom stereocenters. The van der Waals surface area contributed by atoms with Crippen LogP contribution in [0.25, 0.3) is 0 Å². The van der Waals surface area contributed by atoms with Crippen molar-refractivity contribution in [3.05, 3.63) is 0 Å². The Morgan fingerprint density at radius 1 is 1.27 bits per heavy atom. The molecule has 1 aliphatic heterocycles. The lowest BCUT2D eigenvalue weighted by molar-refractivity contribution is -0.134. The molecule has 2 fully saturated rings. The first-order chi connectivity index (χ1) is 10.6. The van der Waals surface area contributed by atoms with Crippen molar-refractivity contribution in [2.45, 2.75) is 51.0 Å². The Balaban J connectivity index is 2.03. The minimum atomic E-state index is -1.31. The molecule has 2 rings (SSSR count). The Morgan fingerprint density at radius 3 is 2.45 bits per heavy atom. The Bertz CT molecular complexity index is 489. The molecule has 0 aromatic heterocycles. The van der Waals surface area contributed by atoms with Gasteiger partial charge in [0.2, 0.25) is 11.8 Å². The monoisotopic (exact) mass is 305 g/mol. The van der Waals surface area contributed by atoms with Gasteiger partial charge in [-0.05, 0) is 12.8 Å². The van der Waals surface area contributed by atoms with E-state index in [0.717, 1.165) is 25.7 Å². The van der Waals surface area contributed by atoms with Gasteiger partial charge in [-0.3, -0.25) is 14.4 Å². The first-order valence-electron chi connectivity index (χ1n) is 8.03. The van der Waals surface area contributed by atoms with Crippen molar-refractivity contribution in [3.8, 4) is 6.07 Å². The average Bonchev–Trinajstić information content (AvgIpc) is 2.74. The van der Waals surface area contributed by atoms with Crippen LogP contribution in [0.2, 0.25) is 0 Å². The lowest BCUT2D eigenvalue weighted by Gasteiger charge is -2.27. The maximum absolute atomic E-state index is 12.4. The van der Waals surface area contributed by atoms with Gasteiger partial charge in [0, 0.05) is 32.0 Å². The number of nitriles is 1. The summed E-state index contributed by atoms with van der Waals surface area (Å²) in [4.78, 5) is 38.0. The molecule has 0 aromatic carbocycles. The summed E-state index contributed by atoms with van der Waals surface area (Å²) in [6.45, 7) is 0.359. The molecular weight excluding hydrogens is 282 g/mol. The van der Waals surface area contributed by atoms with Crippen molar-refractivity contribution in [1.82, 2.24) is 10.2 Å². The first-order valence-corrected chi connectivity index (χ1v) is 8.03. The summed E-state index contributed by atoms with van der Waals surface area (Å²) >= 11 is 0. The maximum Gasteiger partial charge on any atom is 0.244 e. The highest BCUT2D eigenvalue weighted by Crippen LogP contribution is 2.29. The lowest BCUT2D eigenvalue weighted by Crippen LogP contribution is -2.39. The highest BCUT2D eigenvalue weighted by Gasteiger charge is 2.41. The van der Waals surface area contributed by atoms with Gasteiger partial charge in [0.1, 0.15) is 0 Å². The fraction of sp³-hybridized carbons (Fsp3) is 0.750. The van der Waals surface area contributed by atoms with Crippen molar-refractivity contribution in [3.63, 3.8) is 0 Å². The van der Waals surface area contributed by atoms with Gasteiger partial charge in [-0.2, -0.15) is 5.26 Å². The summed E-state index contributed by atoms with van der Waals surface area (Å²) in [5.74, 6) is -2.87. The van der Waals surface area contributed by atoms with Gasteiger partial charge in [0.05, 0.1) is 6.07 Å². The molecule has 0 aromatic rings. The number of amides is 2. The van der Waals surface area contributed by atoms with Crippen LogP contribution in [0.1, 0.15) is 44.9 Å². The van der Waals surface area contributed by atoms with Crippen LogP contribution in [0.3, 0.4) is 0 Å². The summed E-state index contributed by atoms with van der Waals surface area (Å²) in [5, 5.41) is 11.4. The average molecular weight is 305 g/mol. The highest BCUT2D eigenvalue weighted by atomic mass is 16.2. The van der Waals surface area contributed by atoms with E-state index >= 15 is 0 Å². The molecule has 0 spiro atoms. The van der Waals surface area contributed by atoms with E-state index in [0.29, 0.717) is 6.54 Å². The second kappa shape index (κ2) is 7.39. The molecular formula is C16H23N3O3. The maximum atomic E-state index is 12.4. The number of likely N-dealkylation sites (tertiary alicyclic amines) is 1. The van der Waals surface area contributed by atoms with E-state index in [4.69, 9.17) is 5.26 Å². The van der Waals surface area contributed by atoms with Crippen LogP contribution in [0.5, 0.6) is 0 Å². The molecule has 2 aliphatic rings. The first kappa shape index (κ1) is 16.5. The van der Waals surface area contributed by atoms with E-state index in [-0.39, 0.29) is 18.4 Å². The Labute approximate surface area is 130 Å². The van der Waals surface area contributed by atoms with E-state index < -0.39 is 23.5 Å². The second-order valence-corrected chi connectivity index (χ2v) is 6.17. The SMILES string of the molecule is CNC(=O)[C@H](C#N)C(=O)[C@H]1CC(=O)N(C2CCCCCC2)C1. The lowest BCUT2D eigenvalue weighted by atomic mass is 9.92. The van der Waals surface area contributed by atoms with Crippen LogP contribution in [0, 0.1) is 23.2 Å². The van der Waals surface area contributed by atoms with Crippen molar-refractivity contribution in [1.29, 1.82) is 5.26 Å². The zero-order valence-electron chi connectivity index (χ0n) is 13.0. The molecule has 6 nitrogen and oxygen atoms in total. The van der Waals surface area contributed by atoms with Gasteiger partial charge in [-0.1, -0.05) is 25.7 Å². The van der Waals surface area contributed by atoms with Crippen molar-refractivity contribution >= 4 is 17.6 Å². The predicted octanol–water partition coefficient (Wildman–Crippen LogP) is 1.01. The summed E-state index contributed by atoms with van der Waals surface area (Å²) in [5.41, 5.74) is 0. The number of carbonyl (C=O) groups excluding carboxylic acids is 3. The smallest absolute Gasteiger partial charge is 0.244 e.